The van der Waals surface area contributed by atoms with Crippen molar-refractivity contribution in [3.05, 3.63) is 17.6 Å². The first kappa shape index (κ1) is 12.7. The monoisotopic (exact) mass is 275 g/mol. The number of hydrogen-bond acceptors (Lipinski definition) is 4. The lowest BCUT2D eigenvalue weighted by atomic mass is 9.87. The second kappa shape index (κ2) is 5.78. The molecule has 3 rings (SSSR count). The molecule has 1 aliphatic rings. The third kappa shape index (κ3) is 2.84. The van der Waals surface area contributed by atoms with Crippen LogP contribution in [-0.2, 0) is 0 Å². The zero-order valence-corrected chi connectivity index (χ0v) is 12.0. The summed E-state index contributed by atoms with van der Waals surface area (Å²) in [4.78, 5) is 4.33. The molecular formula is C15H21N3S. The molecule has 102 valence electrons. The van der Waals surface area contributed by atoms with Gasteiger partial charge in [-0.3, -0.25) is 0 Å². The third-order valence-electron chi connectivity index (χ3n) is 4.13. The molecular weight excluding hydrogens is 254 g/mol. The van der Waals surface area contributed by atoms with Crippen molar-refractivity contribution in [3.8, 4) is 0 Å². The van der Waals surface area contributed by atoms with Crippen molar-refractivity contribution in [2.45, 2.75) is 38.5 Å². The second-order valence-electron chi connectivity index (χ2n) is 5.45. The number of nitrogens with two attached hydrogens (primary N) is 1. The van der Waals surface area contributed by atoms with Crippen LogP contribution in [0.15, 0.2) is 17.6 Å². The maximum Gasteiger partial charge on any atom is 0.106 e. The van der Waals surface area contributed by atoms with Gasteiger partial charge in [0.05, 0.1) is 21.6 Å². The summed E-state index contributed by atoms with van der Waals surface area (Å²) in [6.45, 7) is 1.02. The van der Waals surface area contributed by atoms with Crippen molar-refractivity contribution >= 4 is 32.9 Å². The summed E-state index contributed by atoms with van der Waals surface area (Å²) < 4.78 is 1.16. The number of rotatable bonds is 4. The zero-order chi connectivity index (χ0) is 13.1. The fourth-order valence-electron chi connectivity index (χ4n) is 2.99. The van der Waals surface area contributed by atoms with E-state index in [-0.39, 0.29) is 0 Å². The minimum atomic E-state index is 0.794. The Balaban J connectivity index is 1.60. The van der Waals surface area contributed by atoms with Crippen molar-refractivity contribution < 1.29 is 0 Å². The predicted octanol–water partition coefficient (Wildman–Crippen LogP) is 4.26. The number of benzene rings is 1. The number of fused-ring (bicyclic) bond motifs is 1. The summed E-state index contributed by atoms with van der Waals surface area (Å²) >= 11 is 1.64. The van der Waals surface area contributed by atoms with Gasteiger partial charge >= 0.3 is 0 Å². The highest BCUT2D eigenvalue weighted by atomic mass is 32.1. The van der Waals surface area contributed by atoms with Crippen LogP contribution < -0.4 is 11.1 Å². The normalized spacial score (nSPS) is 16.8. The van der Waals surface area contributed by atoms with Crippen LogP contribution in [0.25, 0.3) is 10.2 Å². The largest absolute Gasteiger partial charge is 0.395 e. The topological polar surface area (TPSA) is 50.9 Å². The van der Waals surface area contributed by atoms with Crippen LogP contribution in [0, 0.1) is 5.92 Å². The Morgan fingerprint density at radius 2 is 2.11 bits per heavy atom. The van der Waals surface area contributed by atoms with E-state index in [1.165, 1.54) is 38.5 Å². The van der Waals surface area contributed by atoms with Gasteiger partial charge in [-0.2, -0.15) is 0 Å². The average molecular weight is 275 g/mol. The molecule has 1 saturated carbocycles. The fraction of sp³-hybridized carbons (Fsp3) is 0.533. The maximum atomic E-state index is 6.16. The van der Waals surface area contributed by atoms with Crippen LogP contribution in [0.2, 0.25) is 0 Å². The van der Waals surface area contributed by atoms with Crippen molar-refractivity contribution in [1.29, 1.82) is 0 Å². The van der Waals surface area contributed by atoms with E-state index in [1.807, 2.05) is 5.51 Å². The first-order chi connectivity index (χ1) is 9.34. The molecule has 0 atom stereocenters. The standard InChI is InChI=1S/C15H21N3S/c16-14-12(6-7-13-15(14)18-10-19-13)17-9-8-11-4-2-1-3-5-11/h6-7,10-11,17H,1-5,8-9,16H2. The molecule has 1 aromatic heterocycles. The Morgan fingerprint density at radius 1 is 1.26 bits per heavy atom. The Bertz CT molecular complexity index is 543. The van der Waals surface area contributed by atoms with E-state index in [4.69, 9.17) is 5.73 Å². The number of thiazole rings is 1. The lowest BCUT2D eigenvalue weighted by molar-refractivity contribution is 0.345. The number of nitrogens with one attached hydrogen (secondary N) is 1. The van der Waals surface area contributed by atoms with Crippen LogP contribution in [0.3, 0.4) is 0 Å². The SMILES string of the molecule is Nc1c(NCCC2CCCCC2)ccc2scnc12. The molecule has 0 spiro atoms. The Kier molecular flexibility index (Phi) is 3.87. The molecule has 0 saturated heterocycles. The summed E-state index contributed by atoms with van der Waals surface area (Å²) in [5, 5.41) is 3.48. The van der Waals surface area contributed by atoms with Gasteiger partial charge in [0, 0.05) is 6.54 Å². The highest BCUT2D eigenvalue weighted by Gasteiger charge is 2.13. The van der Waals surface area contributed by atoms with Crippen LogP contribution in [-0.4, -0.2) is 11.5 Å². The molecule has 3 nitrogen and oxygen atoms in total. The Labute approximate surface area is 118 Å². The van der Waals surface area contributed by atoms with Crippen LogP contribution >= 0.6 is 11.3 Å². The van der Waals surface area contributed by atoms with E-state index >= 15 is 0 Å². The zero-order valence-electron chi connectivity index (χ0n) is 11.2. The molecule has 1 aliphatic carbocycles. The molecule has 0 radical (unpaired) electrons. The van der Waals surface area contributed by atoms with Crippen LogP contribution in [0.1, 0.15) is 38.5 Å². The second-order valence-corrected chi connectivity index (χ2v) is 6.33. The van der Waals surface area contributed by atoms with Crippen LogP contribution in [0.4, 0.5) is 11.4 Å². The Hall–Kier alpha value is -1.29. The molecule has 0 unspecified atom stereocenters. The van der Waals surface area contributed by atoms with Crippen molar-refractivity contribution in [2.24, 2.45) is 5.92 Å². The molecule has 1 fully saturated rings. The van der Waals surface area contributed by atoms with Gasteiger partial charge in [-0.1, -0.05) is 32.1 Å². The first-order valence-electron chi connectivity index (χ1n) is 7.20. The van der Waals surface area contributed by atoms with Gasteiger partial charge in [0.1, 0.15) is 5.52 Å². The summed E-state index contributed by atoms with van der Waals surface area (Å²) in [7, 11) is 0. The van der Waals surface area contributed by atoms with Gasteiger partial charge in [0.2, 0.25) is 0 Å². The Morgan fingerprint density at radius 3 is 2.95 bits per heavy atom. The molecule has 2 aromatic rings. The van der Waals surface area contributed by atoms with E-state index in [9.17, 15) is 0 Å². The molecule has 1 heterocycles. The summed E-state index contributed by atoms with van der Waals surface area (Å²) in [6.07, 6.45) is 8.33. The van der Waals surface area contributed by atoms with Gasteiger partial charge in [-0.05, 0) is 24.5 Å². The summed E-state index contributed by atoms with van der Waals surface area (Å²) in [5.41, 5.74) is 10.8. The smallest absolute Gasteiger partial charge is 0.106 e. The maximum absolute atomic E-state index is 6.16. The van der Waals surface area contributed by atoms with E-state index in [0.29, 0.717) is 0 Å². The molecule has 0 amide bonds. The lowest BCUT2D eigenvalue weighted by Crippen LogP contribution is -2.12. The van der Waals surface area contributed by atoms with Crippen molar-refractivity contribution in [2.75, 3.05) is 17.6 Å². The third-order valence-corrected chi connectivity index (χ3v) is 4.93. The van der Waals surface area contributed by atoms with E-state index < -0.39 is 0 Å². The summed E-state index contributed by atoms with van der Waals surface area (Å²) in [6, 6.07) is 4.18. The quantitative estimate of drug-likeness (QED) is 0.820. The molecule has 1 aromatic carbocycles. The average Bonchev–Trinajstić information content (AvgIpc) is 2.92. The van der Waals surface area contributed by atoms with Gasteiger partial charge in [0.15, 0.2) is 0 Å². The number of aromatic nitrogens is 1. The fourth-order valence-corrected chi connectivity index (χ4v) is 3.69. The predicted molar refractivity (Wildman–Crippen MR) is 83.7 cm³/mol. The van der Waals surface area contributed by atoms with Gasteiger partial charge in [-0.25, -0.2) is 4.98 Å². The minimum absolute atomic E-state index is 0.794. The number of anilines is 2. The lowest BCUT2D eigenvalue weighted by Gasteiger charge is -2.21. The number of nitrogen functional groups attached to an aromatic ring is 1. The van der Waals surface area contributed by atoms with E-state index in [1.54, 1.807) is 11.3 Å². The molecule has 3 N–H and O–H groups in total. The number of nitrogens with zero attached hydrogens (tertiary/aromatic N) is 1. The van der Waals surface area contributed by atoms with Crippen LogP contribution in [0.5, 0.6) is 0 Å². The van der Waals surface area contributed by atoms with Crippen molar-refractivity contribution in [1.82, 2.24) is 4.98 Å². The number of hydrogen-bond donors (Lipinski definition) is 2. The molecule has 0 bridgehead atoms. The van der Waals surface area contributed by atoms with Gasteiger partial charge in [0.25, 0.3) is 0 Å². The van der Waals surface area contributed by atoms with E-state index in [0.717, 1.165) is 34.1 Å². The van der Waals surface area contributed by atoms with Gasteiger partial charge in [-0.15, -0.1) is 11.3 Å². The molecule has 19 heavy (non-hydrogen) atoms. The first-order valence-corrected chi connectivity index (χ1v) is 8.08. The minimum Gasteiger partial charge on any atom is -0.395 e. The van der Waals surface area contributed by atoms with Crippen molar-refractivity contribution in [3.63, 3.8) is 0 Å². The molecule has 0 aliphatic heterocycles. The summed E-state index contributed by atoms with van der Waals surface area (Å²) in [5.74, 6) is 0.908. The molecule has 4 heteroatoms. The highest BCUT2D eigenvalue weighted by molar-refractivity contribution is 7.16. The highest BCUT2D eigenvalue weighted by Crippen LogP contribution is 2.31. The van der Waals surface area contributed by atoms with Gasteiger partial charge < -0.3 is 11.1 Å². The van der Waals surface area contributed by atoms with E-state index in [2.05, 4.69) is 22.4 Å².